The lowest BCUT2D eigenvalue weighted by molar-refractivity contribution is -0.161. The number of phosphoric acid groups is 1. The topological polar surface area (TPSA) is 172 Å². The van der Waals surface area contributed by atoms with Crippen LogP contribution in [0.3, 0.4) is 0 Å². The minimum Gasteiger partial charge on any atom is -0.480 e. The maximum absolute atomic E-state index is 12.6. The second kappa shape index (κ2) is 37.4. The van der Waals surface area contributed by atoms with Gasteiger partial charge in [0.1, 0.15) is 12.6 Å². The van der Waals surface area contributed by atoms with E-state index in [1.165, 1.54) is 77.0 Å². The maximum Gasteiger partial charge on any atom is 0.472 e. The zero-order chi connectivity index (χ0) is 40.0. The average Bonchev–Trinajstić information content (AvgIpc) is 3.14. The molecule has 0 saturated heterocycles. The molecule has 0 aliphatic rings. The van der Waals surface area contributed by atoms with Gasteiger partial charge in [0.15, 0.2) is 6.10 Å². The summed E-state index contributed by atoms with van der Waals surface area (Å²) in [5.41, 5.74) is 5.32. The van der Waals surface area contributed by atoms with Crippen molar-refractivity contribution in [2.24, 2.45) is 5.73 Å². The molecule has 0 radical (unpaired) electrons. The molecule has 0 bridgehead atoms. The molecule has 0 spiro atoms. The van der Waals surface area contributed by atoms with Crippen molar-refractivity contribution in [3.63, 3.8) is 0 Å². The molecule has 0 aliphatic carbocycles. The second-order valence-corrected chi connectivity index (χ2v) is 15.2. The zero-order valence-corrected chi connectivity index (χ0v) is 34.4. The lowest BCUT2D eigenvalue weighted by atomic mass is 10.1. The number of rotatable bonds is 38. The molecular formula is C42H74NO10P. The molecule has 0 aromatic carbocycles. The van der Waals surface area contributed by atoms with E-state index in [-0.39, 0.29) is 19.4 Å². The van der Waals surface area contributed by atoms with E-state index in [0.717, 1.165) is 44.9 Å². The predicted octanol–water partition coefficient (Wildman–Crippen LogP) is 10.6. The van der Waals surface area contributed by atoms with Gasteiger partial charge in [-0.2, -0.15) is 0 Å². The molecule has 54 heavy (non-hydrogen) atoms. The van der Waals surface area contributed by atoms with Crippen LogP contribution in [0.25, 0.3) is 0 Å². The Bertz CT molecular complexity index is 1110. The molecule has 0 aromatic rings. The van der Waals surface area contributed by atoms with E-state index in [0.29, 0.717) is 19.3 Å². The van der Waals surface area contributed by atoms with Crippen molar-refractivity contribution >= 4 is 25.7 Å². The number of aliphatic carboxylic acids is 1. The number of esters is 2. The molecule has 4 N–H and O–H groups in total. The van der Waals surface area contributed by atoms with Gasteiger partial charge in [-0.3, -0.25) is 23.4 Å². The first-order chi connectivity index (χ1) is 26.1. The SMILES string of the molecule is CCCCCCCC/C=C/C/C=C/C/C=C/CCCC(=O)OC[C@H](COP(=O)(O)OC[C@H](N)C(=O)O)OC(=O)CCCCC/C=C/CCCCCCCC. The first-order valence-corrected chi connectivity index (χ1v) is 22.2. The van der Waals surface area contributed by atoms with E-state index in [2.05, 4.69) is 60.9 Å². The number of phosphoric ester groups is 1. The van der Waals surface area contributed by atoms with E-state index in [9.17, 15) is 23.8 Å². The van der Waals surface area contributed by atoms with Crippen LogP contribution in [-0.4, -0.2) is 59.9 Å². The second-order valence-electron chi connectivity index (χ2n) is 13.8. The van der Waals surface area contributed by atoms with Gasteiger partial charge in [-0.15, -0.1) is 0 Å². The third-order valence-electron chi connectivity index (χ3n) is 8.55. The maximum atomic E-state index is 12.6. The van der Waals surface area contributed by atoms with Crippen LogP contribution in [0.5, 0.6) is 0 Å². The van der Waals surface area contributed by atoms with Crippen molar-refractivity contribution in [2.75, 3.05) is 19.8 Å². The van der Waals surface area contributed by atoms with Gasteiger partial charge in [-0.25, -0.2) is 4.57 Å². The first kappa shape index (κ1) is 51.4. The Morgan fingerprint density at radius 2 is 1.00 bits per heavy atom. The highest BCUT2D eigenvalue weighted by Gasteiger charge is 2.28. The monoisotopic (exact) mass is 784 g/mol. The standard InChI is InChI=1S/C42H74NO10P/c1-3-5-7-9-11-13-15-17-18-19-20-22-23-25-27-29-31-33-40(44)50-35-38(36-51-54(48,49)52-37-39(43)42(46)47)53-41(45)34-32-30-28-26-24-21-16-14-12-10-8-6-4-2/h17-18,20-22,24-25,27,38-39H,3-16,19,23,26,28-37,43H2,1-2H3,(H,46,47)(H,48,49)/b18-17+,22-20+,24-21+,27-25+/t38-,39+/m1/s1. The Kier molecular flexibility index (Phi) is 35.6. The Balaban J connectivity index is 4.50. The van der Waals surface area contributed by atoms with Crippen LogP contribution < -0.4 is 5.73 Å². The molecule has 0 amide bonds. The van der Waals surface area contributed by atoms with Crippen molar-refractivity contribution in [1.82, 2.24) is 0 Å². The number of hydrogen-bond donors (Lipinski definition) is 3. The molecule has 1 unspecified atom stereocenters. The summed E-state index contributed by atoms with van der Waals surface area (Å²) in [5.74, 6) is -2.47. The Morgan fingerprint density at radius 3 is 1.54 bits per heavy atom. The van der Waals surface area contributed by atoms with E-state index < -0.39 is 51.1 Å². The normalized spacial score (nSPS) is 14.3. The van der Waals surface area contributed by atoms with Crippen molar-refractivity contribution in [2.45, 2.75) is 180 Å². The highest BCUT2D eigenvalue weighted by atomic mass is 31.2. The number of allylic oxidation sites excluding steroid dienone is 8. The van der Waals surface area contributed by atoms with Crippen LogP contribution in [0, 0.1) is 0 Å². The van der Waals surface area contributed by atoms with Crippen LogP contribution in [0.4, 0.5) is 0 Å². The molecule has 3 atom stereocenters. The van der Waals surface area contributed by atoms with Gasteiger partial charge in [0.25, 0.3) is 0 Å². The minimum absolute atomic E-state index is 0.129. The van der Waals surface area contributed by atoms with Gasteiger partial charge in [0.2, 0.25) is 0 Å². The molecule has 11 nitrogen and oxygen atoms in total. The van der Waals surface area contributed by atoms with E-state index >= 15 is 0 Å². The number of nitrogens with two attached hydrogens (primary N) is 1. The van der Waals surface area contributed by atoms with Crippen molar-refractivity contribution < 1.29 is 47.5 Å². The molecule has 12 heteroatoms. The fraction of sp³-hybridized carbons (Fsp3) is 0.738. The highest BCUT2D eigenvalue weighted by molar-refractivity contribution is 7.47. The van der Waals surface area contributed by atoms with Crippen molar-refractivity contribution in [1.29, 1.82) is 0 Å². The third kappa shape index (κ3) is 36.4. The average molecular weight is 784 g/mol. The van der Waals surface area contributed by atoms with Gasteiger partial charge in [-0.1, -0.05) is 133 Å². The van der Waals surface area contributed by atoms with Gasteiger partial charge in [-0.05, 0) is 70.6 Å². The van der Waals surface area contributed by atoms with Crippen molar-refractivity contribution in [3.8, 4) is 0 Å². The summed E-state index contributed by atoms with van der Waals surface area (Å²) in [4.78, 5) is 45.8. The summed E-state index contributed by atoms with van der Waals surface area (Å²) in [5, 5.41) is 8.87. The van der Waals surface area contributed by atoms with Gasteiger partial charge in [0, 0.05) is 12.8 Å². The smallest absolute Gasteiger partial charge is 0.472 e. The zero-order valence-electron chi connectivity index (χ0n) is 33.6. The van der Waals surface area contributed by atoms with Crippen LogP contribution in [0.1, 0.15) is 168 Å². The van der Waals surface area contributed by atoms with Gasteiger partial charge >= 0.3 is 25.7 Å². The van der Waals surface area contributed by atoms with Crippen molar-refractivity contribution in [3.05, 3.63) is 48.6 Å². The number of carbonyl (C=O) groups is 3. The molecule has 0 aliphatic heterocycles. The van der Waals surface area contributed by atoms with E-state index in [4.69, 9.17) is 24.8 Å². The number of carboxylic acid groups (broad SMARTS) is 1. The molecule has 0 aromatic heterocycles. The molecule has 0 fully saturated rings. The number of unbranched alkanes of at least 4 members (excludes halogenated alkanes) is 16. The summed E-state index contributed by atoms with van der Waals surface area (Å²) in [6, 6.07) is -1.53. The number of ether oxygens (including phenoxy) is 2. The fourth-order valence-corrected chi connectivity index (χ4v) is 6.03. The summed E-state index contributed by atoms with van der Waals surface area (Å²) < 4.78 is 32.5. The number of hydrogen-bond acceptors (Lipinski definition) is 9. The molecular weight excluding hydrogens is 709 g/mol. The summed E-state index contributed by atoms with van der Waals surface area (Å²) in [7, 11) is -4.73. The molecule has 0 saturated carbocycles. The molecule has 0 heterocycles. The number of carboxylic acids is 1. The summed E-state index contributed by atoms with van der Waals surface area (Å²) >= 11 is 0. The Morgan fingerprint density at radius 1 is 0.574 bits per heavy atom. The first-order valence-electron chi connectivity index (χ1n) is 20.7. The summed E-state index contributed by atoms with van der Waals surface area (Å²) in [6.45, 7) is 2.70. The van der Waals surface area contributed by atoms with Crippen LogP contribution in [0.15, 0.2) is 48.6 Å². The van der Waals surface area contributed by atoms with E-state index in [1.807, 2.05) is 6.08 Å². The third-order valence-corrected chi connectivity index (χ3v) is 9.50. The predicted molar refractivity (Wildman–Crippen MR) is 217 cm³/mol. The van der Waals surface area contributed by atoms with Crippen LogP contribution in [0.2, 0.25) is 0 Å². The Hall–Kier alpha value is -2.56. The fourth-order valence-electron chi connectivity index (χ4n) is 5.25. The Labute approximate surface area is 326 Å². The van der Waals surface area contributed by atoms with Gasteiger partial charge < -0.3 is 25.2 Å². The summed E-state index contributed by atoms with van der Waals surface area (Å²) in [6.07, 6.45) is 40.5. The van der Waals surface area contributed by atoms with E-state index in [1.54, 1.807) is 0 Å². The lowest BCUT2D eigenvalue weighted by Crippen LogP contribution is -2.34. The largest absolute Gasteiger partial charge is 0.480 e. The van der Waals surface area contributed by atoms with Crippen LogP contribution >= 0.6 is 7.82 Å². The highest BCUT2D eigenvalue weighted by Crippen LogP contribution is 2.43. The lowest BCUT2D eigenvalue weighted by Gasteiger charge is -2.20. The molecule has 0 rings (SSSR count). The van der Waals surface area contributed by atoms with Crippen LogP contribution in [-0.2, 0) is 37.5 Å². The van der Waals surface area contributed by atoms with Gasteiger partial charge in [0.05, 0.1) is 13.2 Å². The number of carbonyl (C=O) groups excluding carboxylic acids is 2. The quantitative estimate of drug-likeness (QED) is 0.0235. The molecule has 312 valence electrons. The minimum atomic E-state index is -4.73.